The number of carbonyl (C=O) groups excluding carboxylic acids is 2. The van der Waals surface area contributed by atoms with Crippen LogP contribution in [0.4, 0.5) is 4.79 Å². The summed E-state index contributed by atoms with van der Waals surface area (Å²) in [6.45, 7) is -0.102. The lowest BCUT2D eigenvalue weighted by molar-refractivity contribution is -0.137. The number of rotatable bonds is 7. The molecule has 0 saturated heterocycles. The molecule has 3 N–H and O–H groups in total. The van der Waals surface area contributed by atoms with Gasteiger partial charge in [0.2, 0.25) is 5.91 Å². The van der Waals surface area contributed by atoms with Gasteiger partial charge in [0.15, 0.2) is 0 Å². The van der Waals surface area contributed by atoms with Gasteiger partial charge in [0.1, 0.15) is 6.54 Å². The number of carbonyl (C=O) groups is 3. The summed E-state index contributed by atoms with van der Waals surface area (Å²) in [5.74, 6) is -1.31. The maximum absolute atomic E-state index is 11.4. The highest BCUT2D eigenvalue weighted by Crippen LogP contribution is 2.03. The zero-order valence-corrected chi connectivity index (χ0v) is 11.1. The number of aryl methyl sites for hydroxylation is 1. The summed E-state index contributed by atoms with van der Waals surface area (Å²) in [7, 11) is 1.41. The molecule has 9 nitrogen and oxygen atoms in total. The Kier molecular flexibility index (Phi) is 6.14. The van der Waals surface area contributed by atoms with Crippen molar-refractivity contribution in [1.29, 1.82) is 0 Å². The number of urea groups is 1. The Morgan fingerprint density at radius 1 is 1.35 bits per heavy atom. The van der Waals surface area contributed by atoms with Crippen LogP contribution in [0.5, 0.6) is 0 Å². The lowest BCUT2D eigenvalue weighted by atomic mass is 10.1. The molecule has 1 heterocycles. The monoisotopic (exact) mass is 283 g/mol. The van der Waals surface area contributed by atoms with Gasteiger partial charge >= 0.3 is 12.0 Å². The lowest BCUT2D eigenvalue weighted by Gasteiger charge is -2.02. The first-order valence-electron chi connectivity index (χ1n) is 6.13. The number of hydrogen-bond donors (Lipinski definition) is 3. The minimum Gasteiger partial charge on any atom is -0.481 e. The number of hydrogen-bond acceptors (Lipinski definition) is 5. The van der Waals surface area contributed by atoms with Crippen molar-refractivity contribution >= 4 is 17.9 Å². The van der Waals surface area contributed by atoms with E-state index in [0.717, 1.165) is 0 Å². The van der Waals surface area contributed by atoms with Gasteiger partial charge in [-0.3, -0.25) is 14.9 Å². The average molecular weight is 283 g/mol. The van der Waals surface area contributed by atoms with E-state index in [0.29, 0.717) is 25.0 Å². The molecule has 0 fully saturated rings. The molecule has 20 heavy (non-hydrogen) atoms. The second-order valence-electron chi connectivity index (χ2n) is 4.14. The number of carboxylic acid groups (broad SMARTS) is 1. The number of unbranched alkanes of at least 4 members (excludes halogenated alkanes) is 1. The SMILES string of the molecule is CNC(=O)NC(=O)Cn1cc(CCCCC(=O)O)nn1. The predicted octanol–water partition coefficient (Wildman–Crippen LogP) is -0.469. The Hall–Kier alpha value is -2.45. The van der Waals surface area contributed by atoms with E-state index < -0.39 is 17.9 Å². The first kappa shape index (κ1) is 15.6. The maximum Gasteiger partial charge on any atom is 0.321 e. The van der Waals surface area contributed by atoms with Crippen molar-refractivity contribution in [1.82, 2.24) is 25.6 Å². The fourth-order valence-electron chi connectivity index (χ4n) is 1.49. The molecule has 0 radical (unpaired) electrons. The van der Waals surface area contributed by atoms with Crippen LogP contribution < -0.4 is 10.6 Å². The molecule has 0 saturated carbocycles. The van der Waals surface area contributed by atoms with E-state index in [4.69, 9.17) is 5.11 Å². The first-order chi connectivity index (χ1) is 9.51. The summed E-state index contributed by atoms with van der Waals surface area (Å²) in [5.41, 5.74) is 0.683. The van der Waals surface area contributed by atoms with Crippen molar-refractivity contribution in [3.8, 4) is 0 Å². The van der Waals surface area contributed by atoms with Crippen molar-refractivity contribution in [2.24, 2.45) is 0 Å². The molecule has 1 aromatic rings. The van der Waals surface area contributed by atoms with Gasteiger partial charge in [-0.2, -0.15) is 0 Å². The minimum atomic E-state index is -0.820. The first-order valence-corrected chi connectivity index (χ1v) is 6.13. The molecule has 0 unspecified atom stereocenters. The second kappa shape index (κ2) is 7.87. The van der Waals surface area contributed by atoms with Crippen molar-refractivity contribution in [2.75, 3.05) is 7.05 Å². The largest absolute Gasteiger partial charge is 0.481 e. The van der Waals surface area contributed by atoms with Crippen molar-refractivity contribution in [3.05, 3.63) is 11.9 Å². The van der Waals surface area contributed by atoms with Gasteiger partial charge in [0.05, 0.1) is 5.69 Å². The van der Waals surface area contributed by atoms with Crippen LogP contribution in [0.15, 0.2) is 6.20 Å². The van der Waals surface area contributed by atoms with Gasteiger partial charge < -0.3 is 10.4 Å². The number of imide groups is 1. The predicted molar refractivity (Wildman–Crippen MR) is 67.8 cm³/mol. The van der Waals surface area contributed by atoms with Crippen LogP contribution in [-0.4, -0.2) is 45.1 Å². The third-order valence-corrected chi connectivity index (χ3v) is 2.45. The highest BCUT2D eigenvalue weighted by molar-refractivity contribution is 5.93. The van der Waals surface area contributed by atoms with Gasteiger partial charge in [0.25, 0.3) is 0 Å². The molecule has 3 amide bonds. The van der Waals surface area contributed by atoms with E-state index in [2.05, 4.69) is 20.9 Å². The standard InChI is InChI=1S/C11H17N5O4/c1-12-11(20)13-9(17)7-16-6-8(14-15-16)4-2-3-5-10(18)19/h6H,2-5,7H2,1H3,(H,18,19)(H2,12,13,17,20). The average Bonchev–Trinajstić information content (AvgIpc) is 2.81. The molecule has 110 valence electrons. The van der Waals surface area contributed by atoms with E-state index in [-0.39, 0.29) is 13.0 Å². The second-order valence-corrected chi connectivity index (χ2v) is 4.14. The van der Waals surface area contributed by atoms with Crippen molar-refractivity contribution in [2.45, 2.75) is 32.2 Å². The fraction of sp³-hybridized carbons (Fsp3) is 0.545. The van der Waals surface area contributed by atoms with Gasteiger partial charge in [-0.1, -0.05) is 5.21 Å². The summed E-state index contributed by atoms with van der Waals surface area (Å²) < 4.78 is 1.32. The summed E-state index contributed by atoms with van der Waals surface area (Å²) in [6, 6.07) is -0.580. The highest BCUT2D eigenvalue weighted by Gasteiger charge is 2.08. The van der Waals surface area contributed by atoms with Gasteiger partial charge in [-0.05, 0) is 19.3 Å². The molecule has 0 aliphatic carbocycles. The summed E-state index contributed by atoms with van der Waals surface area (Å²) in [6.07, 6.45) is 3.59. The molecule has 0 atom stereocenters. The third-order valence-electron chi connectivity index (χ3n) is 2.45. The summed E-state index contributed by atoms with van der Waals surface area (Å²) in [5, 5.41) is 20.5. The van der Waals surface area contributed by atoms with E-state index in [1.54, 1.807) is 6.20 Å². The number of amides is 3. The van der Waals surface area contributed by atoms with Crippen LogP contribution >= 0.6 is 0 Å². The van der Waals surface area contributed by atoms with E-state index >= 15 is 0 Å². The topological polar surface area (TPSA) is 126 Å². The lowest BCUT2D eigenvalue weighted by Crippen LogP contribution is -2.39. The normalized spacial score (nSPS) is 10.1. The number of aromatic nitrogens is 3. The number of nitrogens with one attached hydrogen (secondary N) is 2. The maximum atomic E-state index is 11.4. The van der Waals surface area contributed by atoms with Gasteiger partial charge in [-0.15, -0.1) is 5.10 Å². The Morgan fingerprint density at radius 3 is 2.75 bits per heavy atom. The molecule has 1 rings (SSSR count). The molecule has 0 aliphatic heterocycles. The van der Waals surface area contributed by atoms with Gasteiger partial charge in [0, 0.05) is 19.7 Å². The van der Waals surface area contributed by atoms with Crippen LogP contribution in [-0.2, 0) is 22.6 Å². The van der Waals surface area contributed by atoms with Crippen LogP contribution in [0.1, 0.15) is 25.0 Å². The van der Waals surface area contributed by atoms with Gasteiger partial charge in [-0.25, -0.2) is 9.48 Å². The molecular formula is C11H17N5O4. The Balaban J connectivity index is 2.33. The number of carboxylic acids is 1. The Bertz CT molecular complexity index is 485. The highest BCUT2D eigenvalue weighted by atomic mass is 16.4. The Labute approximate surface area is 115 Å². The molecule has 0 aliphatic rings. The summed E-state index contributed by atoms with van der Waals surface area (Å²) in [4.78, 5) is 32.7. The van der Waals surface area contributed by atoms with Crippen LogP contribution in [0.2, 0.25) is 0 Å². The molecule has 1 aromatic heterocycles. The quantitative estimate of drug-likeness (QED) is 0.581. The fourth-order valence-corrected chi connectivity index (χ4v) is 1.49. The molecule has 9 heteroatoms. The van der Waals surface area contributed by atoms with Crippen LogP contribution in [0, 0.1) is 0 Å². The molecule has 0 aromatic carbocycles. The zero-order chi connectivity index (χ0) is 15.0. The van der Waals surface area contributed by atoms with Crippen LogP contribution in [0.3, 0.4) is 0 Å². The number of nitrogens with zero attached hydrogens (tertiary/aromatic N) is 3. The van der Waals surface area contributed by atoms with E-state index in [1.807, 2.05) is 0 Å². The smallest absolute Gasteiger partial charge is 0.321 e. The van der Waals surface area contributed by atoms with E-state index in [9.17, 15) is 14.4 Å². The molecule has 0 spiro atoms. The zero-order valence-electron chi connectivity index (χ0n) is 11.1. The van der Waals surface area contributed by atoms with Crippen LogP contribution in [0.25, 0.3) is 0 Å². The number of aliphatic carboxylic acids is 1. The van der Waals surface area contributed by atoms with E-state index in [1.165, 1.54) is 11.7 Å². The van der Waals surface area contributed by atoms with Crippen molar-refractivity contribution in [3.63, 3.8) is 0 Å². The molecular weight excluding hydrogens is 266 g/mol. The minimum absolute atomic E-state index is 0.102. The molecule has 0 bridgehead atoms. The van der Waals surface area contributed by atoms with Crippen molar-refractivity contribution < 1.29 is 19.5 Å². The summed E-state index contributed by atoms with van der Waals surface area (Å²) >= 11 is 0. The Morgan fingerprint density at radius 2 is 2.10 bits per heavy atom. The third kappa shape index (κ3) is 5.94.